The molecule has 0 aromatic heterocycles. The van der Waals surface area contributed by atoms with Crippen molar-refractivity contribution < 1.29 is 17.9 Å². The van der Waals surface area contributed by atoms with Crippen molar-refractivity contribution in [3.8, 4) is 5.75 Å². The van der Waals surface area contributed by atoms with E-state index in [1.54, 1.807) is 23.1 Å². The van der Waals surface area contributed by atoms with E-state index in [-0.39, 0.29) is 23.5 Å². The molecular weight excluding hydrogens is 424 g/mol. The molecule has 2 heterocycles. The molecule has 0 spiro atoms. The predicted molar refractivity (Wildman–Crippen MR) is 125 cm³/mol. The Morgan fingerprint density at radius 2 is 1.59 bits per heavy atom. The molecule has 7 heteroatoms. The molecule has 2 aliphatic rings. The van der Waals surface area contributed by atoms with E-state index in [4.69, 9.17) is 4.74 Å². The van der Waals surface area contributed by atoms with Gasteiger partial charge in [-0.3, -0.25) is 9.10 Å². The van der Waals surface area contributed by atoms with Gasteiger partial charge in [-0.05, 0) is 42.5 Å². The van der Waals surface area contributed by atoms with Crippen LogP contribution >= 0.6 is 0 Å². The summed E-state index contributed by atoms with van der Waals surface area (Å²) in [5.41, 5.74) is 2.80. The van der Waals surface area contributed by atoms with Gasteiger partial charge in [0.25, 0.3) is 10.0 Å². The number of hydrogen-bond acceptors (Lipinski definition) is 4. The van der Waals surface area contributed by atoms with Crippen LogP contribution in [0, 0.1) is 13.8 Å². The number of ether oxygens (including phenoxy) is 1. The number of anilines is 1. The summed E-state index contributed by atoms with van der Waals surface area (Å²) in [7, 11) is -3.73. The lowest BCUT2D eigenvalue weighted by Gasteiger charge is -2.33. The molecular formula is C25H26N2O4S. The lowest BCUT2D eigenvalue weighted by atomic mass is 10.1. The van der Waals surface area contributed by atoms with Crippen LogP contribution in [0.15, 0.2) is 59.5 Å². The zero-order chi connectivity index (χ0) is 22.5. The Labute approximate surface area is 188 Å². The van der Waals surface area contributed by atoms with E-state index >= 15 is 0 Å². The zero-order valence-electron chi connectivity index (χ0n) is 18.2. The fourth-order valence-electron chi connectivity index (χ4n) is 4.73. The Morgan fingerprint density at radius 3 is 2.28 bits per heavy atom. The van der Waals surface area contributed by atoms with E-state index in [2.05, 4.69) is 0 Å². The van der Waals surface area contributed by atoms with Crippen LogP contribution in [0.25, 0.3) is 10.8 Å². The fraction of sp³-hybridized carbons (Fsp3) is 0.320. The average molecular weight is 451 g/mol. The molecule has 6 nitrogen and oxygen atoms in total. The maximum atomic E-state index is 13.1. The lowest BCUT2D eigenvalue weighted by Crippen LogP contribution is -2.46. The second-order valence-electron chi connectivity index (χ2n) is 8.56. The zero-order valence-corrected chi connectivity index (χ0v) is 19.1. The van der Waals surface area contributed by atoms with Crippen LogP contribution in [0.5, 0.6) is 5.75 Å². The van der Waals surface area contributed by atoms with Crippen molar-refractivity contribution in [2.24, 2.45) is 0 Å². The standard InChI is InChI=1S/C25H26N2O4S/c1-17-6-3-7-18(2)25(17)31-20-12-14-26(15-13-20)23(28)16-27-21-10-4-8-19-9-5-11-22(24(19)21)32(27,29)30/h3-11,20H,12-16H2,1-2H3. The van der Waals surface area contributed by atoms with Crippen molar-refractivity contribution in [2.45, 2.75) is 37.7 Å². The summed E-state index contributed by atoms with van der Waals surface area (Å²) in [5, 5.41) is 1.56. The van der Waals surface area contributed by atoms with Crippen LogP contribution in [-0.2, 0) is 14.8 Å². The summed E-state index contributed by atoms with van der Waals surface area (Å²) in [5.74, 6) is 0.746. The minimum Gasteiger partial charge on any atom is -0.490 e. The van der Waals surface area contributed by atoms with Gasteiger partial charge in [-0.2, -0.15) is 0 Å². The molecule has 0 atom stereocenters. The molecule has 0 bridgehead atoms. The minimum absolute atomic E-state index is 0.0485. The summed E-state index contributed by atoms with van der Waals surface area (Å²) < 4.78 is 33.8. The molecule has 0 unspecified atom stereocenters. The molecule has 3 aromatic carbocycles. The van der Waals surface area contributed by atoms with Crippen LogP contribution in [0.4, 0.5) is 5.69 Å². The Morgan fingerprint density at radius 1 is 0.969 bits per heavy atom. The van der Waals surface area contributed by atoms with Crippen molar-refractivity contribution in [3.63, 3.8) is 0 Å². The van der Waals surface area contributed by atoms with Crippen molar-refractivity contribution in [1.82, 2.24) is 4.90 Å². The van der Waals surface area contributed by atoms with Crippen LogP contribution in [-0.4, -0.2) is 45.0 Å². The van der Waals surface area contributed by atoms with Gasteiger partial charge in [0.1, 0.15) is 18.4 Å². The van der Waals surface area contributed by atoms with Crippen molar-refractivity contribution >= 4 is 32.4 Å². The number of carbonyl (C=O) groups is 1. The van der Waals surface area contributed by atoms with Gasteiger partial charge in [-0.25, -0.2) is 8.42 Å². The number of para-hydroxylation sites is 1. The van der Waals surface area contributed by atoms with E-state index < -0.39 is 10.0 Å². The Bertz CT molecular complexity index is 1290. The minimum atomic E-state index is -3.73. The van der Waals surface area contributed by atoms with Crippen LogP contribution in [0.3, 0.4) is 0 Å². The highest BCUT2D eigenvalue weighted by Gasteiger charge is 2.38. The Balaban J connectivity index is 1.28. The Kier molecular flexibility index (Phi) is 5.08. The highest BCUT2D eigenvalue weighted by Crippen LogP contribution is 2.41. The van der Waals surface area contributed by atoms with Gasteiger partial charge in [0.15, 0.2) is 0 Å². The maximum absolute atomic E-state index is 13.1. The largest absolute Gasteiger partial charge is 0.490 e. The van der Waals surface area contributed by atoms with Gasteiger partial charge < -0.3 is 9.64 Å². The van der Waals surface area contributed by atoms with Gasteiger partial charge in [-0.15, -0.1) is 0 Å². The number of carbonyl (C=O) groups excluding carboxylic acids is 1. The molecule has 0 aliphatic carbocycles. The molecule has 166 valence electrons. The predicted octanol–water partition coefficient (Wildman–Crippen LogP) is 4.04. The lowest BCUT2D eigenvalue weighted by molar-refractivity contribution is -0.131. The first-order valence-corrected chi connectivity index (χ1v) is 12.4. The van der Waals surface area contributed by atoms with Crippen LogP contribution in [0.1, 0.15) is 24.0 Å². The Hall–Kier alpha value is -3.06. The molecule has 0 radical (unpaired) electrons. The van der Waals surface area contributed by atoms with Crippen LogP contribution < -0.4 is 9.04 Å². The van der Waals surface area contributed by atoms with E-state index in [9.17, 15) is 13.2 Å². The summed E-state index contributed by atoms with van der Waals surface area (Å²) in [4.78, 5) is 15.1. The molecule has 1 amide bonds. The third kappa shape index (κ3) is 3.41. The van der Waals surface area contributed by atoms with E-state index in [0.29, 0.717) is 24.2 Å². The van der Waals surface area contributed by atoms with Gasteiger partial charge in [0, 0.05) is 31.3 Å². The number of nitrogens with zero attached hydrogens (tertiary/aromatic N) is 2. The maximum Gasteiger partial charge on any atom is 0.265 e. The first kappa shape index (κ1) is 20.8. The summed E-state index contributed by atoms with van der Waals surface area (Å²) in [6.45, 7) is 5.00. The number of aryl methyl sites for hydroxylation is 2. The van der Waals surface area contributed by atoms with Crippen molar-refractivity contribution in [3.05, 3.63) is 65.7 Å². The number of likely N-dealkylation sites (tertiary alicyclic amines) is 1. The normalized spacial score (nSPS) is 17.7. The molecule has 5 rings (SSSR count). The van der Waals surface area contributed by atoms with Crippen molar-refractivity contribution in [2.75, 3.05) is 23.9 Å². The molecule has 3 aromatic rings. The molecule has 1 saturated heterocycles. The van der Waals surface area contributed by atoms with Crippen molar-refractivity contribution in [1.29, 1.82) is 0 Å². The number of sulfonamides is 1. The van der Waals surface area contributed by atoms with E-state index in [1.165, 1.54) is 4.31 Å². The second kappa shape index (κ2) is 7.81. The highest BCUT2D eigenvalue weighted by atomic mass is 32.2. The summed E-state index contributed by atoms with van der Waals surface area (Å²) in [6, 6.07) is 16.8. The molecule has 0 N–H and O–H groups in total. The molecule has 1 fully saturated rings. The van der Waals surface area contributed by atoms with Gasteiger partial charge in [0.05, 0.1) is 10.6 Å². The fourth-order valence-corrected chi connectivity index (χ4v) is 6.39. The number of amides is 1. The monoisotopic (exact) mass is 450 g/mol. The SMILES string of the molecule is Cc1cccc(C)c1OC1CCN(C(=O)CN2c3cccc4cccc(c34)S2(=O)=O)CC1. The van der Waals surface area contributed by atoms with E-state index in [1.807, 2.05) is 50.2 Å². The van der Waals surface area contributed by atoms with Gasteiger partial charge in [-0.1, -0.05) is 42.5 Å². The first-order chi connectivity index (χ1) is 15.4. The van der Waals surface area contributed by atoms with Gasteiger partial charge in [0.2, 0.25) is 5.91 Å². The number of hydrogen-bond donors (Lipinski definition) is 0. The smallest absolute Gasteiger partial charge is 0.265 e. The van der Waals surface area contributed by atoms with Crippen LogP contribution in [0.2, 0.25) is 0 Å². The summed E-state index contributed by atoms with van der Waals surface area (Å²) >= 11 is 0. The number of benzene rings is 3. The third-order valence-corrected chi connectivity index (χ3v) is 8.25. The topological polar surface area (TPSA) is 66.9 Å². The summed E-state index contributed by atoms with van der Waals surface area (Å²) in [6.07, 6.45) is 1.50. The number of rotatable bonds is 4. The third-order valence-electron chi connectivity index (χ3n) is 6.45. The molecule has 2 aliphatic heterocycles. The van der Waals surface area contributed by atoms with Gasteiger partial charge >= 0.3 is 0 Å². The molecule has 32 heavy (non-hydrogen) atoms. The average Bonchev–Trinajstić information content (AvgIpc) is 3.00. The number of piperidine rings is 1. The quantitative estimate of drug-likeness (QED) is 0.602. The molecule has 0 saturated carbocycles. The first-order valence-electron chi connectivity index (χ1n) is 10.9. The second-order valence-corrected chi connectivity index (χ2v) is 10.4. The highest BCUT2D eigenvalue weighted by molar-refractivity contribution is 7.93. The van der Waals surface area contributed by atoms with E-state index in [0.717, 1.165) is 35.1 Å².